The summed E-state index contributed by atoms with van der Waals surface area (Å²) in [6, 6.07) is 8.07. The Bertz CT molecular complexity index is 621. The van der Waals surface area contributed by atoms with Crippen molar-refractivity contribution in [2.45, 2.75) is 38.1 Å². The fourth-order valence-corrected chi connectivity index (χ4v) is 2.55. The van der Waals surface area contributed by atoms with E-state index in [1.807, 2.05) is 38.1 Å². The SMILES string of the molecule is Cc1ccc(-c2nc(S[C@H](C)C(=O)NCC(C)C)n[nH]2)cc1. The fraction of sp³-hybridized carbons (Fsp3) is 0.438. The minimum absolute atomic E-state index is 0.0142. The highest BCUT2D eigenvalue weighted by molar-refractivity contribution is 8.00. The second kappa shape index (κ2) is 7.45. The summed E-state index contributed by atoms with van der Waals surface area (Å²) in [7, 11) is 0. The summed E-state index contributed by atoms with van der Waals surface area (Å²) in [5, 5.41) is 10.4. The smallest absolute Gasteiger partial charge is 0.233 e. The van der Waals surface area contributed by atoms with Gasteiger partial charge in [-0.1, -0.05) is 55.4 Å². The van der Waals surface area contributed by atoms with Crippen LogP contribution in [0.1, 0.15) is 26.3 Å². The molecule has 1 atom stereocenters. The van der Waals surface area contributed by atoms with Crippen LogP contribution in [0.5, 0.6) is 0 Å². The van der Waals surface area contributed by atoms with E-state index in [1.165, 1.54) is 17.3 Å². The predicted molar refractivity (Wildman–Crippen MR) is 89.7 cm³/mol. The summed E-state index contributed by atoms with van der Waals surface area (Å²) in [4.78, 5) is 16.4. The van der Waals surface area contributed by atoms with Gasteiger partial charge in [-0.25, -0.2) is 4.98 Å². The van der Waals surface area contributed by atoms with Crippen molar-refractivity contribution in [3.05, 3.63) is 29.8 Å². The van der Waals surface area contributed by atoms with Crippen molar-refractivity contribution in [3.8, 4) is 11.4 Å². The van der Waals surface area contributed by atoms with Crippen molar-refractivity contribution in [3.63, 3.8) is 0 Å². The molecule has 0 spiro atoms. The van der Waals surface area contributed by atoms with E-state index in [-0.39, 0.29) is 11.2 Å². The van der Waals surface area contributed by atoms with Gasteiger partial charge in [0.1, 0.15) is 0 Å². The Hall–Kier alpha value is -1.82. The summed E-state index contributed by atoms with van der Waals surface area (Å²) in [5.41, 5.74) is 2.19. The highest BCUT2D eigenvalue weighted by Crippen LogP contribution is 2.22. The van der Waals surface area contributed by atoms with E-state index in [9.17, 15) is 4.79 Å². The summed E-state index contributed by atoms with van der Waals surface area (Å²) in [6.45, 7) is 8.74. The maximum absolute atomic E-state index is 12.0. The van der Waals surface area contributed by atoms with Gasteiger partial charge in [0.05, 0.1) is 5.25 Å². The molecule has 0 aliphatic carbocycles. The van der Waals surface area contributed by atoms with Crippen molar-refractivity contribution >= 4 is 17.7 Å². The van der Waals surface area contributed by atoms with Crippen LogP contribution in [0.2, 0.25) is 0 Å². The predicted octanol–water partition coefficient (Wildman–Crippen LogP) is 3.03. The first kappa shape index (κ1) is 16.5. The average molecular weight is 318 g/mol. The molecule has 0 unspecified atom stereocenters. The molecule has 0 fully saturated rings. The molecule has 2 rings (SSSR count). The molecule has 2 N–H and O–H groups in total. The van der Waals surface area contributed by atoms with Crippen molar-refractivity contribution < 1.29 is 4.79 Å². The molecule has 22 heavy (non-hydrogen) atoms. The Morgan fingerprint density at radius 2 is 1.95 bits per heavy atom. The standard InChI is InChI=1S/C16H22N4OS/c1-10(2)9-17-15(21)12(4)22-16-18-14(19-20-16)13-7-5-11(3)6-8-13/h5-8,10,12H,9H2,1-4H3,(H,17,21)(H,18,19,20)/t12-/m1/s1. The molecule has 0 bridgehead atoms. The van der Waals surface area contributed by atoms with Gasteiger partial charge in [-0.2, -0.15) is 0 Å². The number of aryl methyl sites for hydroxylation is 1. The lowest BCUT2D eigenvalue weighted by Crippen LogP contribution is -2.33. The molecule has 1 heterocycles. The second-order valence-corrected chi connectivity index (χ2v) is 7.04. The molecule has 6 heteroatoms. The van der Waals surface area contributed by atoms with Crippen molar-refractivity contribution in [2.75, 3.05) is 6.54 Å². The summed E-state index contributed by atoms with van der Waals surface area (Å²) in [5.74, 6) is 1.18. The number of benzene rings is 1. The first-order valence-electron chi connectivity index (χ1n) is 7.39. The summed E-state index contributed by atoms with van der Waals surface area (Å²) < 4.78 is 0. The van der Waals surface area contributed by atoms with Gasteiger partial charge in [0, 0.05) is 12.1 Å². The molecule has 0 aliphatic rings. The van der Waals surface area contributed by atoms with Crippen LogP contribution in [-0.4, -0.2) is 32.9 Å². The molecule has 0 saturated heterocycles. The van der Waals surface area contributed by atoms with Gasteiger partial charge < -0.3 is 5.32 Å². The number of nitrogens with zero attached hydrogens (tertiary/aromatic N) is 2. The second-order valence-electron chi connectivity index (χ2n) is 5.73. The number of hydrogen-bond acceptors (Lipinski definition) is 4. The van der Waals surface area contributed by atoms with Crippen LogP contribution in [0, 0.1) is 12.8 Å². The zero-order valence-corrected chi connectivity index (χ0v) is 14.2. The molecule has 0 saturated carbocycles. The van der Waals surface area contributed by atoms with Gasteiger partial charge >= 0.3 is 0 Å². The van der Waals surface area contributed by atoms with Gasteiger partial charge in [-0.05, 0) is 19.8 Å². The molecule has 0 radical (unpaired) electrons. The fourth-order valence-electron chi connectivity index (χ4n) is 1.80. The molecule has 1 amide bonds. The highest BCUT2D eigenvalue weighted by atomic mass is 32.2. The monoisotopic (exact) mass is 318 g/mol. The van der Waals surface area contributed by atoms with E-state index < -0.39 is 0 Å². The summed E-state index contributed by atoms with van der Waals surface area (Å²) >= 11 is 1.36. The quantitative estimate of drug-likeness (QED) is 0.803. The van der Waals surface area contributed by atoms with Gasteiger partial charge in [0.2, 0.25) is 11.1 Å². The topological polar surface area (TPSA) is 70.7 Å². The third-order valence-corrected chi connectivity index (χ3v) is 4.09. The number of H-pyrrole nitrogens is 1. The van der Waals surface area contributed by atoms with Crippen molar-refractivity contribution in [2.24, 2.45) is 5.92 Å². The Kier molecular flexibility index (Phi) is 5.60. The van der Waals surface area contributed by atoms with Crippen molar-refractivity contribution in [1.29, 1.82) is 0 Å². The molecule has 5 nitrogen and oxygen atoms in total. The Balaban J connectivity index is 1.96. The zero-order valence-electron chi connectivity index (χ0n) is 13.4. The minimum atomic E-state index is -0.222. The number of carbonyl (C=O) groups excluding carboxylic acids is 1. The van der Waals surface area contributed by atoms with E-state index in [4.69, 9.17) is 0 Å². The lowest BCUT2D eigenvalue weighted by molar-refractivity contribution is -0.120. The molecular formula is C16H22N4OS. The molecular weight excluding hydrogens is 296 g/mol. The third kappa shape index (κ3) is 4.59. The highest BCUT2D eigenvalue weighted by Gasteiger charge is 2.17. The van der Waals surface area contributed by atoms with Crippen LogP contribution < -0.4 is 5.32 Å². The van der Waals surface area contributed by atoms with E-state index in [0.717, 1.165) is 11.4 Å². The number of carbonyl (C=O) groups is 1. The molecule has 118 valence electrons. The Labute approximate surface area is 135 Å². The van der Waals surface area contributed by atoms with Gasteiger partial charge in [0.15, 0.2) is 5.82 Å². The Morgan fingerprint density at radius 1 is 1.27 bits per heavy atom. The first-order chi connectivity index (χ1) is 10.5. The summed E-state index contributed by atoms with van der Waals surface area (Å²) in [6.07, 6.45) is 0. The number of nitrogens with one attached hydrogen (secondary N) is 2. The number of hydrogen-bond donors (Lipinski definition) is 2. The third-order valence-electron chi connectivity index (χ3n) is 3.13. The maximum Gasteiger partial charge on any atom is 0.233 e. The zero-order chi connectivity index (χ0) is 16.1. The first-order valence-corrected chi connectivity index (χ1v) is 8.27. The Morgan fingerprint density at radius 3 is 2.59 bits per heavy atom. The van der Waals surface area contributed by atoms with Crippen LogP contribution in [0.3, 0.4) is 0 Å². The number of thioether (sulfide) groups is 1. The molecule has 2 aromatic rings. The number of aromatic nitrogens is 3. The lowest BCUT2D eigenvalue weighted by Gasteiger charge is -2.11. The van der Waals surface area contributed by atoms with Crippen LogP contribution in [0.4, 0.5) is 0 Å². The number of aromatic amines is 1. The normalized spacial score (nSPS) is 12.4. The maximum atomic E-state index is 12.0. The van der Waals surface area contributed by atoms with Crippen LogP contribution in [0.15, 0.2) is 29.4 Å². The minimum Gasteiger partial charge on any atom is -0.355 e. The van der Waals surface area contributed by atoms with Crippen LogP contribution >= 0.6 is 11.8 Å². The van der Waals surface area contributed by atoms with E-state index >= 15 is 0 Å². The van der Waals surface area contributed by atoms with Gasteiger partial charge in [0.25, 0.3) is 0 Å². The van der Waals surface area contributed by atoms with E-state index in [0.29, 0.717) is 17.6 Å². The number of rotatable bonds is 6. The average Bonchev–Trinajstić information content (AvgIpc) is 2.93. The number of amides is 1. The van der Waals surface area contributed by atoms with E-state index in [2.05, 4.69) is 34.3 Å². The van der Waals surface area contributed by atoms with Gasteiger partial charge in [-0.15, -0.1) is 5.10 Å². The van der Waals surface area contributed by atoms with Crippen molar-refractivity contribution in [1.82, 2.24) is 20.5 Å². The van der Waals surface area contributed by atoms with E-state index in [1.54, 1.807) is 0 Å². The largest absolute Gasteiger partial charge is 0.355 e. The lowest BCUT2D eigenvalue weighted by atomic mass is 10.1. The molecule has 0 aliphatic heterocycles. The molecule has 1 aromatic heterocycles. The van der Waals surface area contributed by atoms with Gasteiger partial charge in [-0.3, -0.25) is 9.89 Å². The van der Waals surface area contributed by atoms with Crippen LogP contribution in [-0.2, 0) is 4.79 Å². The molecule has 1 aromatic carbocycles. The van der Waals surface area contributed by atoms with Crippen LogP contribution in [0.25, 0.3) is 11.4 Å².